The van der Waals surface area contributed by atoms with Crippen LogP contribution in [0.15, 0.2) is 18.2 Å². The first-order valence-corrected chi connectivity index (χ1v) is 5.86. The number of hydrogen-bond acceptors (Lipinski definition) is 2. The number of nitrogens with two attached hydrogens (primary N) is 1. The minimum atomic E-state index is 0.248. The summed E-state index contributed by atoms with van der Waals surface area (Å²) in [6.45, 7) is 6.93. The molecule has 0 spiro atoms. The number of aliphatic hydroxyl groups excluding tert-OH is 1. The number of rotatable bonds is 7. The molecule has 0 bridgehead atoms. The van der Waals surface area contributed by atoms with Crippen molar-refractivity contribution in [2.24, 2.45) is 0 Å². The third-order valence-corrected chi connectivity index (χ3v) is 2.35. The van der Waals surface area contributed by atoms with Crippen molar-refractivity contribution < 1.29 is 15.2 Å². The maximum Gasteiger partial charge on any atom is 0.119 e. The zero-order chi connectivity index (χ0) is 11.8. The van der Waals surface area contributed by atoms with Gasteiger partial charge < -0.3 is 15.2 Å². The van der Waals surface area contributed by atoms with E-state index in [0.717, 1.165) is 31.9 Å². The van der Waals surface area contributed by atoms with Crippen molar-refractivity contribution in [1.29, 1.82) is 0 Å². The third kappa shape index (κ3) is 5.14. The average Bonchev–Trinajstić information content (AvgIpc) is 2.22. The monoisotopic (exact) mass is 224 g/mol. The highest BCUT2D eigenvalue weighted by atomic mass is 16.5. The quantitative estimate of drug-likeness (QED) is 0.667. The molecule has 0 amide bonds. The maximum atomic E-state index is 8.60. The smallest absolute Gasteiger partial charge is 0.119 e. The minimum absolute atomic E-state index is 0.248. The summed E-state index contributed by atoms with van der Waals surface area (Å²) in [7, 11) is 0. The van der Waals surface area contributed by atoms with Crippen LogP contribution >= 0.6 is 0 Å². The van der Waals surface area contributed by atoms with E-state index in [1.54, 1.807) is 0 Å². The fraction of sp³-hybridized carbons (Fsp3) is 0.538. The van der Waals surface area contributed by atoms with Gasteiger partial charge in [-0.05, 0) is 37.1 Å². The van der Waals surface area contributed by atoms with Crippen LogP contribution < -0.4 is 10.1 Å². The Bertz CT molecular complexity index is 293. The number of aryl methyl sites for hydroxylation is 2. The van der Waals surface area contributed by atoms with Crippen LogP contribution in [0.25, 0.3) is 0 Å². The largest absolute Gasteiger partial charge is 0.493 e. The molecule has 90 valence electrons. The summed E-state index contributed by atoms with van der Waals surface area (Å²) in [5.41, 5.74) is 2.48. The summed E-state index contributed by atoms with van der Waals surface area (Å²) in [6, 6.07) is 6.26. The lowest BCUT2D eigenvalue weighted by molar-refractivity contribution is -0.656. The topological polar surface area (TPSA) is 46.1 Å². The van der Waals surface area contributed by atoms with Gasteiger partial charge in [0.05, 0.1) is 26.3 Å². The molecule has 1 aromatic rings. The zero-order valence-corrected chi connectivity index (χ0v) is 10.2. The van der Waals surface area contributed by atoms with E-state index in [1.807, 2.05) is 0 Å². The van der Waals surface area contributed by atoms with E-state index in [9.17, 15) is 0 Å². The third-order valence-electron chi connectivity index (χ3n) is 2.35. The van der Waals surface area contributed by atoms with Gasteiger partial charge in [0, 0.05) is 6.42 Å². The maximum absolute atomic E-state index is 8.60. The van der Waals surface area contributed by atoms with Crippen molar-refractivity contribution in [2.75, 3.05) is 26.3 Å². The van der Waals surface area contributed by atoms with Crippen LogP contribution in [0.5, 0.6) is 5.75 Å². The van der Waals surface area contributed by atoms with Crippen LogP contribution in [0, 0.1) is 13.8 Å². The molecule has 0 saturated carbocycles. The van der Waals surface area contributed by atoms with E-state index in [0.29, 0.717) is 0 Å². The van der Waals surface area contributed by atoms with Crippen LogP contribution in [0.1, 0.15) is 17.5 Å². The normalized spacial score (nSPS) is 10.4. The molecule has 3 nitrogen and oxygen atoms in total. The first-order chi connectivity index (χ1) is 7.72. The average molecular weight is 224 g/mol. The first-order valence-electron chi connectivity index (χ1n) is 5.86. The molecular formula is C13H22NO2+. The Morgan fingerprint density at radius 2 is 1.81 bits per heavy atom. The Morgan fingerprint density at radius 1 is 1.12 bits per heavy atom. The van der Waals surface area contributed by atoms with Crippen molar-refractivity contribution in [3.8, 4) is 5.75 Å². The predicted octanol–water partition coefficient (Wildman–Crippen LogP) is 0.628. The van der Waals surface area contributed by atoms with Crippen LogP contribution in [0.3, 0.4) is 0 Å². The van der Waals surface area contributed by atoms with E-state index in [2.05, 4.69) is 37.4 Å². The Hall–Kier alpha value is -1.06. The van der Waals surface area contributed by atoms with Crippen molar-refractivity contribution in [2.45, 2.75) is 20.3 Å². The van der Waals surface area contributed by atoms with Gasteiger partial charge in [-0.2, -0.15) is 0 Å². The number of hydrogen-bond donors (Lipinski definition) is 2. The fourth-order valence-electron chi connectivity index (χ4n) is 1.67. The number of aliphatic hydroxyl groups is 1. The van der Waals surface area contributed by atoms with Crippen molar-refractivity contribution in [1.82, 2.24) is 0 Å². The fourth-order valence-corrected chi connectivity index (χ4v) is 1.67. The van der Waals surface area contributed by atoms with Gasteiger partial charge in [-0.25, -0.2) is 0 Å². The molecule has 0 aliphatic carbocycles. The van der Waals surface area contributed by atoms with E-state index in [1.165, 1.54) is 11.1 Å². The van der Waals surface area contributed by atoms with Crippen molar-refractivity contribution in [3.63, 3.8) is 0 Å². The molecular weight excluding hydrogens is 202 g/mol. The number of benzene rings is 1. The molecule has 0 aromatic heterocycles. The predicted molar refractivity (Wildman–Crippen MR) is 64.8 cm³/mol. The van der Waals surface area contributed by atoms with Crippen LogP contribution in [-0.2, 0) is 0 Å². The van der Waals surface area contributed by atoms with Gasteiger partial charge in [0.25, 0.3) is 0 Å². The molecule has 0 aliphatic rings. The van der Waals surface area contributed by atoms with Gasteiger partial charge >= 0.3 is 0 Å². The summed E-state index contributed by atoms with van der Waals surface area (Å²) < 4.78 is 5.67. The standard InChI is InChI=1S/C13H21NO2/c1-11-8-12(2)10-13(9-11)16-7-3-4-14-5-6-15/h8-10,14-15H,3-7H2,1-2H3/p+1. The van der Waals surface area contributed by atoms with Gasteiger partial charge in [0.2, 0.25) is 0 Å². The molecule has 0 saturated heterocycles. The number of quaternary nitrogens is 1. The molecule has 0 heterocycles. The molecule has 1 aromatic carbocycles. The van der Waals surface area contributed by atoms with Gasteiger partial charge in [-0.1, -0.05) is 6.07 Å². The summed E-state index contributed by atoms with van der Waals surface area (Å²) in [5.74, 6) is 0.958. The van der Waals surface area contributed by atoms with Crippen molar-refractivity contribution in [3.05, 3.63) is 29.3 Å². The molecule has 1 rings (SSSR count). The van der Waals surface area contributed by atoms with E-state index >= 15 is 0 Å². The zero-order valence-electron chi connectivity index (χ0n) is 10.2. The van der Waals surface area contributed by atoms with E-state index < -0.39 is 0 Å². The summed E-state index contributed by atoms with van der Waals surface area (Å²) in [4.78, 5) is 0. The summed E-state index contributed by atoms with van der Waals surface area (Å²) in [6.07, 6.45) is 1.01. The SMILES string of the molecule is Cc1cc(C)cc(OCCC[NH2+]CCO)c1. The van der Waals surface area contributed by atoms with Crippen LogP contribution in [0.2, 0.25) is 0 Å². The molecule has 3 heteroatoms. The second kappa shape index (κ2) is 7.25. The summed E-state index contributed by atoms with van der Waals surface area (Å²) in [5, 5.41) is 10.7. The molecule has 3 N–H and O–H groups in total. The second-order valence-electron chi connectivity index (χ2n) is 4.12. The second-order valence-corrected chi connectivity index (χ2v) is 4.12. The Kier molecular flexibility index (Phi) is 5.90. The number of ether oxygens (including phenoxy) is 1. The van der Waals surface area contributed by atoms with Crippen LogP contribution in [0.4, 0.5) is 0 Å². The highest BCUT2D eigenvalue weighted by molar-refractivity contribution is 5.32. The molecule has 0 aliphatic heterocycles. The van der Waals surface area contributed by atoms with Gasteiger partial charge in [0.1, 0.15) is 5.75 Å². The van der Waals surface area contributed by atoms with Crippen molar-refractivity contribution >= 4 is 0 Å². The molecule has 0 atom stereocenters. The lowest BCUT2D eigenvalue weighted by Crippen LogP contribution is -2.85. The first kappa shape index (κ1) is 13.0. The van der Waals surface area contributed by atoms with Gasteiger partial charge in [0.15, 0.2) is 0 Å². The van der Waals surface area contributed by atoms with E-state index in [4.69, 9.17) is 9.84 Å². The molecule has 0 unspecified atom stereocenters. The highest BCUT2D eigenvalue weighted by Gasteiger charge is 1.97. The van der Waals surface area contributed by atoms with E-state index in [-0.39, 0.29) is 6.61 Å². The Balaban J connectivity index is 2.21. The molecule has 16 heavy (non-hydrogen) atoms. The van der Waals surface area contributed by atoms with Gasteiger partial charge in [-0.15, -0.1) is 0 Å². The minimum Gasteiger partial charge on any atom is -0.493 e. The molecule has 0 radical (unpaired) electrons. The lowest BCUT2D eigenvalue weighted by atomic mass is 10.1. The lowest BCUT2D eigenvalue weighted by Gasteiger charge is -2.07. The Labute approximate surface area is 97.4 Å². The van der Waals surface area contributed by atoms with Crippen LogP contribution in [-0.4, -0.2) is 31.4 Å². The Morgan fingerprint density at radius 3 is 2.44 bits per heavy atom. The van der Waals surface area contributed by atoms with Gasteiger partial charge in [-0.3, -0.25) is 0 Å². The summed E-state index contributed by atoms with van der Waals surface area (Å²) >= 11 is 0. The molecule has 0 fully saturated rings. The highest BCUT2D eigenvalue weighted by Crippen LogP contribution is 2.15.